The summed E-state index contributed by atoms with van der Waals surface area (Å²) >= 11 is 6.12. The second-order valence-corrected chi connectivity index (χ2v) is 4.32. The molecule has 0 N–H and O–H groups in total. The van der Waals surface area contributed by atoms with Gasteiger partial charge in [-0.25, -0.2) is 0 Å². The minimum atomic E-state index is -0.300. The van der Waals surface area contributed by atoms with Gasteiger partial charge in [-0.15, -0.1) is 0 Å². The van der Waals surface area contributed by atoms with Gasteiger partial charge in [0.25, 0.3) is 0 Å². The third kappa shape index (κ3) is 3.50. The number of hydrogen-bond donors (Lipinski definition) is 0. The fourth-order valence-corrected chi connectivity index (χ4v) is 1.94. The fraction of sp³-hybridized carbons (Fsp3) is 0.357. The van der Waals surface area contributed by atoms with Gasteiger partial charge in [0.15, 0.2) is 0 Å². The molecular weight excluding hydrogens is 252 g/mol. The topological polar surface area (TPSA) is 35.5 Å². The van der Waals surface area contributed by atoms with Crippen molar-refractivity contribution in [2.24, 2.45) is 0 Å². The lowest BCUT2D eigenvalue weighted by molar-refractivity contribution is -0.142. The summed E-state index contributed by atoms with van der Waals surface area (Å²) in [6, 6.07) is 3.63. The Bertz CT molecular complexity index is 466. The van der Waals surface area contributed by atoms with Crippen LogP contribution in [-0.4, -0.2) is 19.7 Å². The van der Waals surface area contributed by atoms with E-state index in [0.717, 1.165) is 11.1 Å². The number of rotatable bonds is 5. The summed E-state index contributed by atoms with van der Waals surface area (Å²) in [7, 11) is 1.52. The molecule has 1 aromatic rings. The predicted molar refractivity (Wildman–Crippen MR) is 73.0 cm³/mol. The average Bonchev–Trinajstić information content (AvgIpc) is 2.28. The van der Waals surface area contributed by atoms with Crippen molar-refractivity contribution >= 4 is 23.1 Å². The predicted octanol–water partition coefficient (Wildman–Crippen LogP) is 3.49. The van der Waals surface area contributed by atoms with Crippen LogP contribution in [0.5, 0.6) is 5.75 Å². The van der Waals surface area contributed by atoms with Crippen LogP contribution in [-0.2, 0) is 16.0 Å². The van der Waals surface area contributed by atoms with Gasteiger partial charge in [0.2, 0.25) is 0 Å². The van der Waals surface area contributed by atoms with Crippen LogP contribution >= 0.6 is 11.6 Å². The summed E-state index contributed by atoms with van der Waals surface area (Å²) in [4.78, 5) is 11.5. The molecule has 0 bridgehead atoms. The molecule has 4 heteroatoms. The molecule has 0 spiro atoms. The molecule has 0 fully saturated rings. The van der Waals surface area contributed by atoms with Crippen molar-refractivity contribution < 1.29 is 14.3 Å². The largest absolute Gasteiger partial charge is 0.495 e. The van der Waals surface area contributed by atoms with Crippen LogP contribution in [0.4, 0.5) is 0 Å². The van der Waals surface area contributed by atoms with Crippen LogP contribution in [0.3, 0.4) is 0 Å². The Morgan fingerprint density at radius 3 is 2.61 bits per heavy atom. The van der Waals surface area contributed by atoms with E-state index in [9.17, 15) is 4.79 Å². The Morgan fingerprint density at radius 2 is 2.11 bits per heavy atom. The van der Waals surface area contributed by atoms with Gasteiger partial charge in [-0.1, -0.05) is 23.8 Å². The zero-order valence-electron chi connectivity index (χ0n) is 10.9. The molecule has 0 saturated heterocycles. The summed E-state index contributed by atoms with van der Waals surface area (Å²) in [5.74, 6) is 0.209. The second-order valence-electron chi connectivity index (χ2n) is 3.91. The molecule has 0 unspecified atom stereocenters. The number of esters is 1. The van der Waals surface area contributed by atoms with Crippen molar-refractivity contribution in [3.8, 4) is 5.75 Å². The summed E-state index contributed by atoms with van der Waals surface area (Å²) in [6.07, 6.45) is 0.137. The highest BCUT2D eigenvalue weighted by Gasteiger charge is 2.14. The SMILES string of the molecule is C=C(C)c1cc(Cl)c(OC)c(CC(=O)OCC)c1. The van der Waals surface area contributed by atoms with Crippen LogP contribution < -0.4 is 4.74 Å². The monoisotopic (exact) mass is 268 g/mol. The molecule has 98 valence electrons. The Hall–Kier alpha value is -1.48. The van der Waals surface area contributed by atoms with Gasteiger partial charge in [-0.2, -0.15) is 0 Å². The van der Waals surface area contributed by atoms with Crippen molar-refractivity contribution in [1.29, 1.82) is 0 Å². The van der Waals surface area contributed by atoms with Crippen LogP contribution in [0.1, 0.15) is 25.0 Å². The molecule has 0 aromatic heterocycles. The Morgan fingerprint density at radius 1 is 1.44 bits per heavy atom. The number of halogens is 1. The number of methoxy groups -OCH3 is 1. The van der Waals surface area contributed by atoms with E-state index in [-0.39, 0.29) is 12.4 Å². The van der Waals surface area contributed by atoms with E-state index < -0.39 is 0 Å². The maximum Gasteiger partial charge on any atom is 0.310 e. The summed E-state index contributed by atoms with van der Waals surface area (Å²) in [5, 5.41) is 0.470. The highest BCUT2D eigenvalue weighted by atomic mass is 35.5. The molecule has 0 aliphatic rings. The van der Waals surface area contributed by atoms with Crippen LogP contribution in [0.15, 0.2) is 18.7 Å². The quantitative estimate of drug-likeness (QED) is 0.767. The fourth-order valence-electron chi connectivity index (χ4n) is 1.62. The highest BCUT2D eigenvalue weighted by molar-refractivity contribution is 6.32. The number of ether oxygens (including phenoxy) is 2. The lowest BCUT2D eigenvalue weighted by Gasteiger charge is -2.12. The van der Waals surface area contributed by atoms with Crippen LogP contribution in [0, 0.1) is 0 Å². The van der Waals surface area contributed by atoms with Crippen molar-refractivity contribution in [3.05, 3.63) is 34.9 Å². The molecule has 0 aliphatic heterocycles. The molecular formula is C14H17ClO3. The summed E-state index contributed by atoms with van der Waals surface area (Å²) < 4.78 is 10.1. The molecule has 0 atom stereocenters. The first-order valence-electron chi connectivity index (χ1n) is 5.67. The van der Waals surface area contributed by atoms with Gasteiger partial charge in [-0.3, -0.25) is 4.79 Å². The molecule has 18 heavy (non-hydrogen) atoms. The maximum absolute atomic E-state index is 11.5. The number of benzene rings is 1. The van der Waals surface area contributed by atoms with Crippen molar-refractivity contribution in [2.75, 3.05) is 13.7 Å². The van der Waals surface area contributed by atoms with E-state index in [1.807, 2.05) is 13.0 Å². The average molecular weight is 269 g/mol. The first kappa shape index (κ1) is 14.6. The molecule has 1 rings (SSSR count). The van der Waals surface area contributed by atoms with Gasteiger partial charge in [0, 0.05) is 5.56 Å². The standard InChI is InChI=1S/C14H17ClO3/c1-5-18-13(16)8-11-6-10(9(2)3)7-12(15)14(11)17-4/h6-7H,2,5,8H2,1,3-4H3. The van der Waals surface area contributed by atoms with Crippen molar-refractivity contribution in [2.45, 2.75) is 20.3 Å². The summed E-state index contributed by atoms with van der Waals surface area (Å²) in [5.41, 5.74) is 2.48. The molecule has 3 nitrogen and oxygen atoms in total. The Labute approximate surface area is 112 Å². The molecule has 0 radical (unpaired) electrons. The van der Waals surface area contributed by atoms with E-state index in [1.54, 1.807) is 13.0 Å². The zero-order chi connectivity index (χ0) is 13.7. The van der Waals surface area contributed by atoms with E-state index in [1.165, 1.54) is 7.11 Å². The third-order valence-corrected chi connectivity index (χ3v) is 2.74. The van der Waals surface area contributed by atoms with Gasteiger partial charge >= 0.3 is 5.97 Å². The van der Waals surface area contributed by atoms with Gasteiger partial charge in [0.05, 0.1) is 25.2 Å². The van der Waals surface area contributed by atoms with E-state index in [4.69, 9.17) is 21.1 Å². The van der Waals surface area contributed by atoms with E-state index in [2.05, 4.69) is 6.58 Å². The first-order valence-corrected chi connectivity index (χ1v) is 6.05. The molecule has 0 saturated carbocycles. The number of carbonyl (C=O) groups excluding carboxylic acids is 1. The molecule has 0 amide bonds. The van der Waals surface area contributed by atoms with Gasteiger partial charge in [0.1, 0.15) is 5.75 Å². The van der Waals surface area contributed by atoms with Crippen molar-refractivity contribution in [1.82, 2.24) is 0 Å². The maximum atomic E-state index is 11.5. The van der Waals surface area contributed by atoms with Crippen molar-refractivity contribution in [3.63, 3.8) is 0 Å². The normalized spacial score (nSPS) is 10.0. The molecule has 0 heterocycles. The third-order valence-electron chi connectivity index (χ3n) is 2.46. The molecule has 1 aromatic carbocycles. The van der Waals surface area contributed by atoms with Crippen LogP contribution in [0.2, 0.25) is 5.02 Å². The summed E-state index contributed by atoms with van der Waals surface area (Å²) in [6.45, 7) is 7.87. The number of carbonyl (C=O) groups is 1. The number of hydrogen-bond acceptors (Lipinski definition) is 3. The first-order chi connectivity index (χ1) is 8.49. The van der Waals surface area contributed by atoms with Gasteiger partial charge in [-0.05, 0) is 31.5 Å². The Balaban J connectivity index is 3.14. The minimum Gasteiger partial charge on any atom is -0.495 e. The lowest BCUT2D eigenvalue weighted by Crippen LogP contribution is -2.09. The van der Waals surface area contributed by atoms with E-state index in [0.29, 0.717) is 22.9 Å². The number of allylic oxidation sites excluding steroid dienone is 1. The smallest absolute Gasteiger partial charge is 0.310 e. The van der Waals surface area contributed by atoms with Crippen LogP contribution in [0.25, 0.3) is 5.57 Å². The zero-order valence-corrected chi connectivity index (χ0v) is 11.6. The van der Waals surface area contributed by atoms with E-state index >= 15 is 0 Å². The molecule has 0 aliphatic carbocycles. The highest BCUT2D eigenvalue weighted by Crippen LogP contribution is 2.32. The second kappa shape index (κ2) is 6.45. The minimum absolute atomic E-state index is 0.137. The van der Waals surface area contributed by atoms with Gasteiger partial charge < -0.3 is 9.47 Å². The Kier molecular flexibility index (Phi) is 5.23. The lowest BCUT2D eigenvalue weighted by atomic mass is 10.0.